The highest BCUT2D eigenvalue weighted by Crippen LogP contribution is 2.28. The maximum Gasteiger partial charge on any atom is 0.252 e. The molecule has 1 N–H and O–H groups in total. The molecule has 0 aromatic heterocycles. The molecule has 2 rings (SSSR count). The van der Waals surface area contributed by atoms with Gasteiger partial charge in [-0.2, -0.15) is 0 Å². The second kappa shape index (κ2) is 5.66. The third kappa shape index (κ3) is 3.29. The highest BCUT2D eigenvalue weighted by molar-refractivity contribution is 9.10. The number of carbonyl (C=O) groups excluding carboxylic acids is 1. The summed E-state index contributed by atoms with van der Waals surface area (Å²) in [6.45, 7) is 2.14. The lowest BCUT2D eigenvalue weighted by Crippen LogP contribution is -2.47. The number of nitrogens with one attached hydrogen (secondary N) is 1. The van der Waals surface area contributed by atoms with E-state index in [0.29, 0.717) is 5.56 Å². The molecule has 1 aliphatic carbocycles. The Hall–Kier alpha value is -0.480. The van der Waals surface area contributed by atoms with Crippen molar-refractivity contribution in [2.45, 2.75) is 49.5 Å². The molecule has 0 heterocycles. The van der Waals surface area contributed by atoms with Crippen molar-refractivity contribution in [3.63, 3.8) is 0 Å². The third-order valence-corrected chi connectivity index (χ3v) is 4.54. The summed E-state index contributed by atoms with van der Waals surface area (Å²) in [4.78, 5) is 13.1. The molecule has 4 heteroatoms. The summed E-state index contributed by atoms with van der Waals surface area (Å²) in [7, 11) is 0. The lowest BCUT2D eigenvalue weighted by atomic mass is 9.83. The van der Waals surface area contributed by atoms with Crippen molar-refractivity contribution >= 4 is 34.5 Å². The zero-order valence-corrected chi connectivity index (χ0v) is 13.0. The van der Waals surface area contributed by atoms with Crippen LogP contribution in [0.2, 0.25) is 0 Å². The van der Waals surface area contributed by atoms with E-state index in [1.165, 1.54) is 19.3 Å². The van der Waals surface area contributed by atoms with Crippen LogP contribution in [0.1, 0.15) is 49.4 Å². The van der Waals surface area contributed by atoms with Gasteiger partial charge in [0.2, 0.25) is 0 Å². The maximum atomic E-state index is 12.3. The Balaban J connectivity index is 2.14. The van der Waals surface area contributed by atoms with Crippen molar-refractivity contribution in [1.82, 2.24) is 5.32 Å². The second-order valence-electron chi connectivity index (χ2n) is 5.24. The topological polar surface area (TPSA) is 29.1 Å². The number of carbonyl (C=O) groups is 1. The van der Waals surface area contributed by atoms with Gasteiger partial charge in [0.15, 0.2) is 0 Å². The molecule has 1 fully saturated rings. The SMILES string of the molecule is CC1(NC(=O)c2cc(S)ccc2Br)CCCCC1. The van der Waals surface area contributed by atoms with Gasteiger partial charge >= 0.3 is 0 Å². The molecule has 1 saturated carbocycles. The average Bonchev–Trinajstić information content (AvgIpc) is 2.32. The highest BCUT2D eigenvalue weighted by atomic mass is 79.9. The monoisotopic (exact) mass is 327 g/mol. The van der Waals surface area contributed by atoms with E-state index in [1.54, 1.807) is 6.07 Å². The molecular weight excluding hydrogens is 310 g/mol. The van der Waals surface area contributed by atoms with E-state index in [2.05, 4.69) is 40.8 Å². The number of thiol groups is 1. The molecule has 0 saturated heterocycles. The molecular formula is C14H18BrNOS. The van der Waals surface area contributed by atoms with E-state index in [9.17, 15) is 4.79 Å². The van der Waals surface area contributed by atoms with E-state index >= 15 is 0 Å². The molecule has 98 valence electrons. The first kappa shape index (κ1) is 13.9. The van der Waals surface area contributed by atoms with Crippen LogP contribution < -0.4 is 5.32 Å². The van der Waals surface area contributed by atoms with Gasteiger partial charge in [0, 0.05) is 14.9 Å². The van der Waals surface area contributed by atoms with E-state index in [-0.39, 0.29) is 11.4 Å². The second-order valence-corrected chi connectivity index (χ2v) is 6.61. The van der Waals surface area contributed by atoms with Gasteiger partial charge in [0.05, 0.1) is 5.56 Å². The fraction of sp³-hybridized carbons (Fsp3) is 0.500. The highest BCUT2D eigenvalue weighted by Gasteiger charge is 2.29. The molecule has 0 bridgehead atoms. The molecule has 1 aromatic rings. The largest absolute Gasteiger partial charge is 0.347 e. The number of hydrogen-bond acceptors (Lipinski definition) is 2. The van der Waals surface area contributed by atoms with Gasteiger partial charge < -0.3 is 5.32 Å². The number of rotatable bonds is 2. The first-order valence-electron chi connectivity index (χ1n) is 6.31. The van der Waals surface area contributed by atoms with Crippen LogP contribution in [-0.4, -0.2) is 11.4 Å². The van der Waals surface area contributed by atoms with Gasteiger partial charge in [-0.25, -0.2) is 0 Å². The summed E-state index contributed by atoms with van der Waals surface area (Å²) < 4.78 is 0.817. The van der Waals surface area contributed by atoms with Crippen LogP contribution >= 0.6 is 28.6 Å². The summed E-state index contributed by atoms with van der Waals surface area (Å²) in [6, 6.07) is 5.53. The first-order chi connectivity index (χ1) is 8.50. The minimum Gasteiger partial charge on any atom is -0.347 e. The molecule has 1 aliphatic rings. The Bertz CT molecular complexity index is 455. The molecule has 18 heavy (non-hydrogen) atoms. The summed E-state index contributed by atoms with van der Waals surface area (Å²) in [5, 5.41) is 3.18. The van der Waals surface area contributed by atoms with Crippen molar-refractivity contribution in [3.05, 3.63) is 28.2 Å². The predicted molar refractivity (Wildman–Crippen MR) is 80.4 cm³/mol. The number of hydrogen-bond donors (Lipinski definition) is 2. The van der Waals surface area contributed by atoms with Gasteiger partial charge in [0.1, 0.15) is 0 Å². The van der Waals surface area contributed by atoms with Crippen molar-refractivity contribution in [2.75, 3.05) is 0 Å². The van der Waals surface area contributed by atoms with Crippen molar-refractivity contribution in [2.24, 2.45) is 0 Å². The number of benzene rings is 1. The number of amides is 1. The lowest BCUT2D eigenvalue weighted by molar-refractivity contribution is 0.0881. The average molecular weight is 328 g/mol. The predicted octanol–water partition coefficient (Wildman–Crippen LogP) is 4.19. The van der Waals surface area contributed by atoms with E-state index in [0.717, 1.165) is 22.2 Å². The molecule has 0 aliphatic heterocycles. The summed E-state index contributed by atoms with van der Waals surface area (Å²) >= 11 is 7.70. The molecule has 1 aromatic carbocycles. The zero-order valence-electron chi connectivity index (χ0n) is 10.5. The van der Waals surface area contributed by atoms with Crippen LogP contribution in [-0.2, 0) is 0 Å². The van der Waals surface area contributed by atoms with E-state index in [1.807, 2.05) is 12.1 Å². The van der Waals surface area contributed by atoms with E-state index in [4.69, 9.17) is 0 Å². The zero-order chi connectivity index (χ0) is 13.2. The van der Waals surface area contributed by atoms with Crippen molar-refractivity contribution in [1.29, 1.82) is 0 Å². The molecule has 0 radical (unpaired) electrons. The smallest absolute Gasteiger partial charge is 0.252 e. The Kier molecular flexibility index (Phi) is 4.38. The van der Waals surface area contributed by atoms with Crippen LogP contribution in [0, 0.1) is 0 Å². The van der Waals surface area contributed by atoms with Gasteiger partial charge in [-0.05, 0) is 53.9 Å². The number of halogens is 1. The normalized spacial score (nSPS) is 18.4. The van der Waals surface area contributed by atoms with Crippen LogP contribution in [0.25, 0.3) is 0 Å². The molecule has 0 spiro atoms. The minimum atomic E-state index is -0.0542. The Labute approximate surface area is 122 Å². The fourth-order valence-electron chi connectivity index (χ4n) is 2.49. The van der Waals surface area contributed by atoms with Crippen LogP contribution in [0.15, 0.2) is 27.6 Å². The third-order valence-electron chi connectivity index (χ3n) is 3.57. The minimum absolute atomic E-state index is 0.0119. The summed E-state index contributed by atoms with van der Waals surface area (Å²) in [6.07, 6.45) is 5.81. The van der Waals surface area contributed by atoms with Crippen LogP contribution in [0.4, 0.5) is 0 Å². The van der Waals surface area contributed by atoms with Crippen LogP contribution in [0.5, 0.6) is 0 Å². The quantitative estimate of drug-likeness (QED) is 0.783. The Morgan fingerprint density at radius 3 is 2.67 bits per heavy atom. The standard InChI is InChI=1S/C14H18BrNOS/c1-14(7-3-2-4-8-14)16-13(17)11-9-10(18)5-6-12(11)15/h5-6,9,18H,2-4,7-8H2,1H3,(H,16,17). The molecule has 1 amide bonds. The van der Waals surface area contributed by atoms with Crippen molar-refractivity contribution in [3.8, 4) is 0 Å². The van der Waals surface area contributed by atoms with Gasteiger partial charge in [0.25, 0.3) is 5.91 Å². The van der Waals surface area contributed by atoms with E-state index < -0.39 is 0 Å². The summed E-state index contributed by atoms with van der Waals surface area (Å²) in [5.74, 6) is -0.0119. The van der Waals surface area contributed by atoms with Gasteiger partial charge in [-0.1, -0.05) is 19.3 Å². The molecule has 0 atom stereocenters. The van der Waals surface area contributed by atoms with Crippen LogP contribution in [0.3, 0.4) is 0 Å². The van der Waals surface area contributed by atoms with Crippen molar-refractivity contribution < 1.29 is 4.79 Å². The van der Waals surface area contributed by atoms with Gasteiger partial charge in [-0.3, -0.25) is 4.79 Å². The Morgan fingerprint density at radius 1 is 1.33 bits per heavy atom. The first-order valence-corrected chi connectivity index (χ1v) is 7.55. The lowest BCUT2D eigenvalue weighted by Gasteiger charge is -2.34. The van der Waals surface area contributed by atoms with Gasteiger partial charge in [-0.15, -0.1) is 12.6 Å². The maximum absolute atomic E-state index is 12.3. The Morgan fingerprint density at radius 2 is 2.00 bits per heavy atom. The molecule has 2 nitrogen and oxygen atoms in total. The summed E-state index contributed by atoms with van der Waals surface area (Å²) in [5.41, 5.74) is 0.607. The fourth-order valence-corrected chi connectivity index (χ4v) is 3.12. The molecule has 0 unspecified atom stereocenters.